The van der Waals surface area contributed by atoms with Crippen molar-refractivity contribution in [2.45, 2.75) is 26.3 Å². The minimum atomic E-state index is -0.189. The van der Waals surface area contributed by atoms with Gasteiger partial charge < -0.3 is 0 Å². The first kappa shape index (κ1) is 16.6. The lowest BCUT2D eigenvalue weighted by atomic mass is 10.0. The summed E-state index contributed by atoms with van der Waals surface area (Å²) < 4.78 is 0. The Bertz CT molecular complexity index is 422. The summed E-state index contributed by atoms with van der Waals surface area (Å²) in [5.41, 5.74) is 1.87. The summed E-state index contributed by atoms with van der Waals surface area (Å²) in [4.78, 5) is 14.0. The van der Waals surface area contributed by atoms with Crippen LogP contribution in [0.5, 0.6) is 0 Å². The third-order valence-corrected chi connectivity index (χ3v) is 2.95. The number of nitrogens with zero attached hydrogens (tertiary/aromatic N) is 2. The maximum absolute atomic E-state index is 12.1. The standard InChI is InChI=1S/C14H18N2O.ClH/c1-11-5-7-13(8-6-11)14(17)12(2)16(3)10-4-9-15;/h5-8,12H,4,10H2,1-3H3;1H. The molecule has 4 heteroatoms. The highest BCUT2D eigenvalue weighted by Gasteiger charge is 2.18. The van der Waals surface area contributed by atoms with Crippen molar-refractivity contribution in [3.8, 4) is 6.07 Å². The molecule has 0 heterocycles. The first-order valence-electron chi connectivity index (χ1n) is 5.74. The molecule has 0 N–H and O–H groups in total. The van der Waals surface area contributed by atoms with Crippen molar-refractivity contribution in [1.29, 1.82) is 5.26 Å². The van der Waals surface area contributed by atoms with Crippen LogP contribution in [0, 0.1) is 18.3 Å². The number of carbonyl (C=O) groups excluding carboxylic acids is 1. The van der Waals surface area contributed by atoms with Crippen LogP contribution in [-0.2, 0) is 0 Å². The lowest BCUT2D eigenvalue weighted by Crippen LogP contribution is -2.36. The second kappa shape index (κ2) is 7.86. The van der Waals surface area contributed by atoms with E-state index in [1.807, 2.05) is 50.1 Å². The minimum Gasteiger partial charge on any atom is -0.296 e. The Kier molecular flexibility index (Phi) is 7.26. The highest BCUT2D eigenvalue weighted by atomic mass is 35.5. The van der Waals surface area contributed by atoms with E-state index in [1.165, 1.54) is 0 Å². The van der Waals surface area contributed by atoms with E-state index in [4.69, 9.17) is 5.26 Å². The molecule has 0 radical (unpaired) electrons. The van der Waals surface area contributed by atoms with Crippen LogP contribution in [-0.4, -0.2) is 30.3 Å². The number of nitriles is 1. The van der Waals surface area contributed by atoms with Crippen molar-refractivity contribution in [2.75, 3.05) is 13.6 Å². The predicted octanol–water partition coefficient (Wildman–Crippen LogP) is 2.83. The zero-order valence-corrected chi connectivity index (χ0v) is 11.8. The third-order valence-electron chi connectivity index (χ3n) is 2.95. The molecular formula is C14H19ClN2O. The smallest absolute Gasteiger partial charge is 0.179 e. The predicted molar refractivity (Wildman–Crippen MR) is 75.1 cm³/mol. The molecule has 0 aliphatic rings. The van der Waals surface area contributed by atoms with Gasteiger partial charge in [0, 0.05) is 18.5 Å². The lowest BCUT2D eigenvalue weighted by molar-refractivity contribution is 0.0871. The largest absolute Gasteiger partial charge is 0.296 e. The van der Waals surface area contributed by atoms with Gasteiger partial charge in [-0.1, -0.05) is 29.8 Å². The van der Waals surface area contributed by atoms with Crippen LogP contribution in [0.25, 0.3) is 0 Å². The van der Waals surface area contributed by atoms with E-state index >= 15 is 0 Å². The first-order chi connectivity index (χ1) is 8.06. The zero-order valence-electron chi connectivity index (χ0n) is 11.0. The molecule has 0 fully saturated rings. The molecule has 1 aromatic rings. The maximum Gasteiger partial charge on any atom is 0.179 e. The van der Waals surface area contributed by atoms with E-state index in [0.717, 1.165) is 11.1 Å². The Balaban J connectivity index is 0.00000289. The summed E-state index contributed by atoms with van der Waals surface area (Å²) in [7, 11) is 1.87. The van der Waals surface area contributed by atoms with Gasteiger partial charge in [-0.05, 0) is 20.9 Å². The van der Waals surface area contributed by atoms with E-state index < -0.39 is 0 Å². The van der Waals surface area contributed by atoms with Crippen molar-refractivity contribution in [3.63, 3.8) is 0 Å². The van der Waals surface area contributed by atoms with Gasteiger partial charge in [0.2, 0.25) is 0 Å². The number of aryl methyl sites for hydroxylation is 1. The average Bonchev–Trinajstić information content (AvgIpc) is 2.35. The number of likely N-dealkylation sites (N-methyl/N-ethyl adjacent to an activating group) is 1. The molecule has 0 aromatic heterocycles. The van der Waals surface area contributed by atoms with Crippen molar-refractivity contribution >= 4 is 18.2 Å². The highest BCUT2D eigenvalue weighted by molar-refractivity contribution is 5.99. The quantitative estimate of drug-likeness (QED) is 0.770. The molecule has 1 aromatic carbocycles. The summed E-state index contributed by atoms with van der Waals surface area (Å²) in [6.45, 7) is 4.49. The fourth-order valence-corrected chi connectivity index (χ4v) is 1.58. The van der Waals surface area contributed by atoms with Crippen molar-refractivity contribution < 1.29 is 4.79 Å². The Morgan fingerprint density at radius 2 is 1.94 bits per heavy atom. The number of Topliss-reactive ketones (excluding diaryl/α,β-unsaturated/α-hetero) is 1. The van der Waals surface area contributed by atoms with E-state index in [0.29, 0.717) is 13.0 Å². The normalized spacial score (nSPS) is 11.5. The molecule has 0 amide bonds. The first-order valence-corrected chi connectivity index (χ1v) is 5.74. The molecule has 0 aliphatic heterocycles. The summed E-state index contributed by atoms with van der Waals surface area (Å²) in [6, 6.07) is 9.48. The molecule has 1 atom stereocenters. The number of benzene rings is 1. The molecule has 0 saturated carbocycles. The minimum absolute atomic E-state index is 0. The van der Waals surface area contributed by atoms with E-state index in [2.05, 4.69) is 6.07 Å². The summed E-state index contributed by atoms with van der Waals surface area (Å²) in [5.74, 6) is 0.102. The summed E-state index contributed by atoms with van der Waals surface area (Å²) in [5, 5.41) is 8.52. The number of rotatable bonds is 5. The van der Waals surface area contributed by atoms with Crippen LogP contribution < -0.4 is 0 Å². The Morgan fingerprint density at radius 3 is 2.44 bits per heavy atom. The number of halogens is 1. The maximum atomic E-state index is 12.1. The average molecular weight is 267 g/mol. The van der Waals surface area contributed by atoms with Crippen molar-refractivity contribution in [2.24, 2.45) is 0 Å². The Morgan fingerprint density at radius 1 is 1.39 bits per heavy atom. The van der Waals surface area contributed by atoms with E-state index in [9.17, 15) is 4.79 Å². The second-order valence-electron chi connectivity index (χ2n) is 4.29. The molecular weight excluding hydrogens is 248 g/mol. The van der Waals surface area contributed by atoms with Crippen LogP contribution in [0.2, 0.25) is 0 Å². The van der Waals surface area contributed by atoms with Crippen molar-refractivity contribution in [3.05, 3.63) is 35.4 Å². The van der Waals surface area contributed by atoms with E-state index in [-0.39, 0.29) is 24.2 Å². The van der Waals surface area contributed by atoms with Gasteiger partial charge in [0.1, 0.15) is 0 Å². The van der Waals surface area contributed by atoms with Gasteiger partial charge >= 0.3 is 0 Å². The number of hydrogen-bond acceptors (Lipinski definition) is 3. The van der Waals surface area contributed by atoms with Crippen molar-refractivity contribution in [1.82, 2.24) is 4.90 Å². The molecule has 0 saturated heterocycles. The Hall–Kier alpha value is -1.37. The van der Waals surface area contributed by atoms with E-state index in [1.54, 1.807) is 0 Å². The van der Waals surface area contributed by atoms with Gasteiger partial charge in [-0.25, -0.2) is 0 Å². The number of hydrogen-bond donors (Lipinski definition) is 0. The highest BCUT2D eigenvalue weighted by Crippen LogP contribution is 2.09. The molecule has 98 valence electrons. The molecule has 1 rings (SSSR count). The summed E-state index contributed by atoms with van der Waals surface area (Å²) >= 11 is 0. The van der Waals surface area contributed by atoms with Gasteiger partial charge in [-0.3, -0.25) is 9.69 Å². The van der Waals surface area contributed by atoms with Crippen LogP contribution in [0.15, 0.2) is 24.3 Å². The summed E-state index contributed by atoms with van der Waals surface area (Å²) in [6.07, 6.45) is 0.446. The third kappa shape index (κ3) is 4.48. The molecule has 0 spiro atoms. The van der Waals surface area contributed by atoms with Gasteiger partial charge in [0.15, 0.2) is 5.78 Å². The second-order valence-corrected chi connectivity index (χ2v) is 4.29. The molecule has 1 unspecified atom stereocenters. The van der Waals surface area contributed by atoms with Crippen LogP contribution in [0.1, 0.15) is 29.3 Å². The lowest BCUT2D eigenvalue weighted by Gasteiger charge is -2.22. The van der Waals surface area contributed by atoms with Gasteiger partial charge in [-0.15, -0.1) is 12.4 Å². The molecule has 18 heavy (non-hydrogen) atoms. The topological polar surface area (TPSA) is 44.1 Å². The van der Waals surface area contributed by atoms with Crippen LogP contribution in [0.4, 0.5) is 0 Å². The number of carbonyl (C=O) groups is 1. The molecule has 0 bridgehead atoms. The van der Waals surface area contributed by atoms with Gasteiger partial charge in [0.05, 0.1) is 12.1 Å². The zero-order chi connectivity index (χ0) is 12.8. The van der Waals surface area contributed by atoms with Crippen LogP contribution in [0.3, 0.4) is 0 Å². The fraction of sp³-hybridized carbons (Fsp3) is 0.429. The van der Waals surface area contributed by atoms with Crippen LogP contribution >= 0.6 is 12.4 Å². The SMILES string of the molecule is Cc1ccc(C(=O)C(C)N(C)CCC#N)cc1.Cl. The Labute approximate surface area is 115 Å². The fourth-order valence-electron chi connectivity index (χ4n) is 1.58. The van der Waals surface area contributed by atoms with Gasteiger partial charge in [-0.2, -0.15) is 5.26 Å². The molecule has 3 nitrogen and oxygen atoms in total. The number of ketones is 1. The monoisotopic (exact) mass is 266 g/mol. The van der Waals surface area contributed by atoms with Gasteiger partial charge in [0.25, 0.3) is 0 Å². The molecule has 0 aliphatic carbocycles.